The van der Waals surface area contributed by atoms with Crippen molar-refractivity contribution in [2.45, 2.75) is 0 Å². The van der Waals surface area contributed by atoms with Gasteiger partial charge in [-0.1, -0.05) is 63.9 Å². The Bertz CT molecular complexity index is 1050. The van der Waals surface area contributed by atoms with Crippen LogP contribution in [0, 0.1) is 0 Å². The Kier molecular flexibility index (Phi) is 4.38. The zero-order valence-electron chi connectivity index (χ0n) is 13.0. The molecule has 122 valence electrons. The maximum atomic E-state index is 6.40. The molecular formula is C20H12BrClN2O. The van der Waals surface area contributed by atoms with Gasteiger partial charge >= 0.3 is 6.01 Å². The van der Waals surface area contributed by atoms with Gasteiger partial charge in [0.1, 0.15) is 5.75 Å². The van der Waals surface area contributed by atoms with Gasteiger partial charge in [0, 0.05) is 20.4 Å². The number of ether oxygens (including phenoxy) is 1. The van der Waals surface area contributed by atoms with Crippen molar-refractivity contribution in [3.05, 3.63) is 82.3 Å². The van der Waals surface area contributed by atoms with Gasteiger partial charge in [-0.15, -0.1) is 0 Å². The van der Waals surface area contributed by atoms with Gasteiger partial charge in [0.25, 0.3) is 0 Å². The van der Waals surface area contributed by atoms with Gasteiger partial charge in [-0.05, 0) is 36.4 Å². The lowest BCUT2D eigenvalue weighted by atomic mass is 10.1. The zero-order chi connectivity index (χ0) is 17.2. The Morgan fingerprint density at radius 1 is 0.840 bits per heavy atom. The minimum absolute atomic E-state index is 0.288. The summed E-state index contributed by atoms with van der Waals surface area (Å²) in [6.07, 6.45) is 0. The van der Waals surface area contributed by atoms with Crippen LogP contribution in [0.5, 0.6) is 11.8 Å². The fourth-order valence-electron chi connectivity index (χ4n) is 2.58. The van der Waals surface area contributed by atoms with Crippen LogP contribution in [0.2, 0.25) is 5.02 Å². The average Bonchev–Trinajstić information content (AvgIpc) is 2.63. The van der Waals surface area contributed by atoms with E-state index in [4.69, 9.17) is 16.3 Å². The van der Waals surface area contributed by atoms with Crippen molar-refractivity contribution >= 4 is 38.4 Å². The molecule has 0 saturated carbocycles. The summed E-state index contributed by atoms with van der Waals surface area (Å²) in [5.74, 6) is 0.684. The number of halogens is 2. The lowest BCUT2D eigenvalue weighted by Crippen LogP contribution is -1.96. The van der Waals surface area contributed by atoms with E-state index in [1.807, 2.05) is 72.8 Å². The molecule has 3 aromatic carbocycles. The Labute approximate surface area is 158 Å². The van der Waals surface area contributed by atoms with Gasteiger partial charge in [-0.2, -0.15) is 9.97 Å². The number of rotatable bonds is 3. The van der Waals surface area contributed by atoms with Crippen LogP contribution >= 0.6 is 27.5 Å². The topological polar surface area (TPSA) is 35.0 Å². The average molecular weight is 412 g/mol. The fourth-order valence-corrected chi connectivity index (χ4v) is 3.16. The van der Waals surface area contributed by atoms with E-state index in [-0.39, 0.29) is 6.01 Å². The third-order valence-corrected chi connectivity index (χ3v) is 4.54. The number of hydrogen-bond acceptors (Lipinski definition) is 3. The van der Waals surface area contributed by atoms with Crippen LogP contribution in [-0.2, 0) is 0 Å². The number of fused-ring (bicyclic) bond motifs is 1. The van der Waals surface area contributed by atoms with Crippen molar-refractivity contribution in [2.24, 2.45) is 0 Å². The lowest BCUT2D eigenvalue weighted by Gasteiger charge is -2.11. The van der Waals surface area contributed by atoms with E-state index in [0.29, 0.717) is 10.8 Å². The van der Waals surface area contributed by atoms with Crippen LogP contribution in [0.25, 0.3) is 22.2 Å². The molecule has 0 radical (unpaired) electrons. The van der Waals surface area contributed by atoms with Crippen LogP contribution in [0.15, 0.2) is 77.3 Å². The highest BCUT2D eigenvalue weighted by atomic mass is 79.9. The van der Waals surface area contributed by atoms with E-state index in [1.165, 1.54) is 0 Å². The van der Waals surface area contributed by atoms with Crippen molar-refractivity contribution in [1.82, 2.24) is 9.97 Å². The van der Waals surface area contributed by atoms with Crippen molar-refractivity contribution in [3.8, 4) is 23.0 Å². The van der Waals surface area contributed by atoms with Crippen LogP contribution in [-0.4, -0.2) is 9.97 Å². The minimum Gasteiger partial charge on any atom is -0.424 e. The highest BCUT2D eigenvalue weighted by molar-refractivity contribution is 9.10. The molecule has 0 N–H and O–H groups in total. The SMILES string of the molecule is Clc1ccccc1-c1nc(Oc2ccccc2)nc2ccc(Br)cc12. The summed E-state index contributed by atoms with van der Waals surface area (Å²) in [5.41, 5.74) is 2.37. The highest BCUT2D eigenvalue weighted by Crippen LogP contribution is 2.34. The largest absolute Gasteiger partial charge is 0.424 e. The van der Waals surface area contributed by atoms with E-state index in [9.17, 15) is 0 Å². The second-order valence-electron chi connectivity index (χ2n) is 5.41. The van der Waals surface area contributed by atoms with Crippen molar-refractivity contribution in [1.29, 1.82) is 0 Å². The van der Waals surface area contributed by atoms with Gasteiger partial charge in [0.05, 0.1) is 11.2 Å². The molecule has 0 amide bonds. The molecule has 3 nitrogen and oxygen atoms in total. The van der Waals surface area contributed by atoms with Gasteiger partial charge in [-0.25, -0.2) is 0 Å². The molecule has 1 aromatic heterocycles. The molecule has 0 atom stereocenters. The van der Waals surface area contributed by atoms with Crippen LogP contribution in [0.3, 0.4) is 0 Å². The number of para-hydroxylation sites is 1. The normalized spacial score (nSPS) is 10.8. The van der Waals surface area contributed by atoms with E-state index in [1.54, 1.807) is 0 Å². The van der Waals surface area contributed by atoms with Crippen molar-refractivity contribution in [3.63, 3.8) is 0 Å². The predicted molar refractivity (Wildman–Crippen MR) is 104 cm³/mol. The van der Waals surface area contributed by atoms with Crippen molar-refractivity contribution in [2.75, 3.05) is 0 Å². The second-order valence-corrected chi connectivity index (χ2v) is 6.73. The van der Waals surface area contributed by atoms with Gasteiger partial charge in [0.2, 0.25) is 0 Å². The maximum Gasteiger partial charge on any atom is 0.323 e. The number of nitrogens with zero attached hydrogens (tertiary/aromatic N) is 2. The summed E-state index contributed by atoms with van der Waals surface area (Å²) in [6.45, 7) is 0. The Morgan fingerprint density at radius 2 is 1.60 bits per heavy atom. The zero-order valence-corrected chi connectivity index (χ0v) is 15.3. The summed E-state index contributed by atoms with van der Waals surface area (Å²) >= 11 is 9.91. The van der Waals surface area contributed by atoms with E-state index in [0.717, 1.165) is 26.6 Å². The molecule has 0 aliphatic carbocycles. The predicted octanol–water partition coefficient (Wildman–Crippen LogP) is 6.51. The van der Waals surface area contributed by atoms with E-state index < -0.39 is 0 Å². The summed E-state index contributed by atoms with van der Waals surface area (Å²) in [6, 6.07) is 23.2. The number of aromatic nitrogens is 2. The monoisotopic (exact) mass is 410 g/mol. The maximum absolute atomic E-state index is 6.40. The summed E-state index contributed by atoms with van der Waals surface area (Å²) in [7, 11) is 0. The lowest BCUT2D eigenvalue weighted by molar-refractivity contribution is 0.445. The first-order valence-electron chi connectivity index (χ1n) is 7.66. The van der Waals surface area contributed by atoms with E-state index in [2.05, 4.69) is 25.9 Å². The smallest absolute Gasteiger partial charge is 0.323 e. The molecule has 0 bridgehead atoms. The summed E-state index contributed by atoms with van der Waals surface area (Å²) in [4.78, 5) is 9.16. The van der Waals surface area contributed by atoms with Crippen LogP contribution < -0.4 is 4.74 Å². The summed E-state index contributed by atoms with van der Waals surface area (Å²) < 4.78 is 6.79. The second kappa shape index (κ2) is 6.82. The molecule has 5 heteroatoms. The molecule has 0 aliphatic heterocycles. The molecule has 0 unspecified atom stereocenters. The molecule has 4 aromatic rings. The molecular weight excluding hydrogens is 400 g/mol. The molecule has 0 fully saturated rings. The highest BCUT2D eigenvalue weighted by Gasteiger charge is 2.14. The number of hydrogen-bond donors (Lipinski definition) is 0. The standard InChI is InChI=1S/C20H12BrClN2O/c21-13-10-11-18-16(12-13)19(15-8-4-5-9-17(15)22)24-20(23-18)25-14-6-2-1-3-7-14/h1-12H. The van der Waals surface area contributed by atoms with Crippen LogP contribution in [0.1, 0.15) is 0 Å². The molecule has 0 aliphatic rings. The van der Waals surface area contributed by atoms with Crippen LogP contribution in [0.4, 0.5) is 0 Å². The van der Waals surface area contributed by atoms with Gasteiger partial charge < -0.3 is 4.74 Å². The van der Waals surface area contributed by atoms with Gasteiger partial charge in [0.15, 0.2) is 0 Å². The third kappa shape index (κ3) is 3.36. The first-order chi connectivity index (χ1) is 12.2. The fraction of sp³-hybridized carbons (Fsp3) is 0. The van der Waals surface area contributed by atoms with Gasteiger partial charge in [-0.3, -0.25) is 0 Å². The third-order valence-electron chi connectivity index (χ3n) is 3.72. The Hall–Kier alpha value is -2.43. The Balaban J connectivity index is 1.92. The molecule has 0 saturated heterocycles. The Morgan fingerprint density at radius 3 is 2.40 bits per heavy atom. The van der Waals surface area contributed by atoms with Crippen molar-refractivity contribution < 1.29 is 4.74 Å². The molecule has 1 heterocycles. The molecule has 0 spiro atoms. The quantitative estimate of drug-likeness (QED) is 0.386. The van der Waals surface area contributed by atoms with E-state index >= 15 is 0 Å². The number of benzene rings is 3. The first-order valence-corrected chi connectivity index (χ1v) is 8.83. The first kappa shape index (κ1) is 16.1. The molecule has 4 rings (SSSR count). The summed E-state index contributed by atoms with van der Waals surface area (Å²) in [5, 5.41) is 1.54. The minimum atomic E-state index is 0.288. The molecule has 25 heavy (non-hydrogen) atoms.